The summed E-state index contributed by atoms with van der Waals surface area (Å²) in [5, 5.41) is 16.4. The normalized spacial score (nSPS) is 14.2. The summed E-state index contributed by atoms with van der Waals surface area (Å²) in [6.45, 7) is 0.577. The molecule has 2 amide bonds. The Morgan fingerprint density at radius 3 is 3.05 bits per heavy atom. The molecule has 1 aromatic heterocycles. The molecule has 3 N–H and O–H groups in total. The smallest absolute Gasteiger partial charge is 0.315 e. The van der Waals surface area contributed by atoms with Crippen molar-refractivity contribution in [3.63, 3.8) is 0 Å². The van der Waals surface area contributed by atoms with Crippen LogP contribution in [0.2, 0.25) is 0 Å². The first kappa shape index (κ1) is 13.9. The highest BCUT2D eigenvalue weighted by Crippen LogP contribution is 2.18. The van der Waals surface area contributed by atoms with E-state index in [1.54, 1.807) is 11.3 Å². The molecule has 0 unspecified atom stereocenters. The van der Waals surface area contributed by atoms with Crippen molar-refractivity contribution < 1.29 is 9.90 Å². The molecular formula is C14H18N2O2S. The van der Waals surface area contributed by atoms with Gasteiger partial charge in [-0.1, -0.05) is 11.8 Å². The molecule has 2 rings (SSSR count). The first-order chi connectivity index (χ1) is 9.29. The number of rotatable bonds is 4. The number of hydrogen-bond acceptors (Lipinski definition) is 3. The molecule has 1 aliphatic carbocycles. The molecule has 0 aromatic carbocycles. The molecule has 0 saturated heterocycles. The lowest BCUT2D eigenvalue weighted by Crippen LogP contribution is -2.44. The molecule has 1 heterocycles. The van der Waals surface area contributed by atoms with Crippen molar-refractivity contribution in [1.82, 2.24) is 10.6 Å². The van der Waals surface area contributed by atoms with Crippen LogP contribution in [-0.2, 0) is 6.54 Å². The zero-order valence-corrected chi connectivity index (χ0v) is 11.6. The molecule has 0 bridgehead atoms. The Morgan fingerprint density at radius 2 is 2.37 bits per heavy atom. The van der Waals surface area contributed by atoms with Gasteiger partial charge < -0.3 is 15.7 Å². The van der Waals surface area contributed by atoms with Crippen LogP contribution in [0.3, 0.4) is 0 Å². The Balaban J connectivity index is 1.80. The molecule has 5 heteroatoms. The van der Waals surface area contributed by atoms with Gasteiger partial charge in [0, 0.05) is 22.9 Å². The van der Waals surface area contributed by atoms with Crippen LogP contribution >= 0.6 is 11.3 Å². The summed E-state index contributed by atoms with van der Waals surface area (Å²) >= 11 is 1.58. The topological polar surface area (TPSA) is 61.4 Å². The second-order valence-corrected chi connectivity index (χ2v) is 5.49. The minimum Gasteiger partial charge on any atom is -0.395 e. The molecule has 0 spiro atoms. The number of carbonyl (C=O) groups is 1. The van der Waals surface area contributed by atoms with E-state index in [1.165, 1.54) is 6.42 Å². The molecule has 1 saturated carbocycles. The molecule has 1 aliphatic rings. The van der Waals surface area contributed by atoms with Gasteiger partial charge in [0.25, 0.3) is 0 Å². The van der Waals surface area contributed by atoms with E-state index < -0.39 is 0 Å². The van der Waals surface area contributed by atoms with Gasteiger partial charge >= 0.3 is 6.03 Å². The Labute approximate surface area is 117 Å². The molecule has 0 aliphatic heterocycles. The molecule has 1 fully saturated rings. The SMILES string of the molecule is O=C(NCc1sccc1C#CCCO)NC1CCC1. The third-order valence-corrected chi connectivity index (χ3v) is 3.98. The number of nitrogens with one attached hydrogen (secondary N) is 2. The van der Waals surface area contributed by atoms with E-state index in [2.05, 4.69) is 22.5 Å². The fourth-order valence-electron chi connectivity index (χ4n) is 1.75. The van der Waals surface area contributed by atoms with E-state index in [1.807, 2.05) is 11.4 Å². The summed E-state index contributed by atoms with van der Waals surface area (Å²) < 4.78 is 0. The van der Waals surface area contributed by atoms with Gasteiger partial charge in [-0.15, -0.1) is 11.3 Å². The molecule has 4 nitrogen and oxygen atoms in total. The minimum absolute atomic E-state index is 0.0779. The van der Waals surface area contributed by atoms with Crippen molar-refractivity contribution in [1.29, 1.82) is 0 Å². The summed E-state index contributed by atoms with van der Waals surface area (Å²) in [6, 6.07) is 2.19. The summed E-state index contributed by atoms with van der Waals surface area (Å²) in [5.41, 5.74) is 0.933. The van der Waals surface area contributed by atoms with E-state index in [-0.39, 0.29) is 12.6 Å². The third kappa shape index (κ3) is 4.27. The minimum atomic E-state index is -0.104. The van der Waals surface area contributed by atoms with Crippen LogP contribution in [0.5, 0.6) is 0 Å². The molecule has 0 radical (unpaired) electrons. The maximum Gasteiger partial charge on any atom is 0.315 e. The van der Waals surface area contributed by atoms with Gasteiger partial charge in [-0.2, -0.15) is 0 Å². The predicted molar refractivity (Wildman–Crippen MR) is 75.9 cm³/mol. The average Bonchev–Trinajstić information content (AvgIpc) is 2.79. The molecular weight excluding hydrogens is 260 g/mol. The Kier molecular flexibility index (Phi) is 5.25. The lowest BCUT2D eigenvalue weighted by molar-refractivity contribution is 0.228. The number of aliphatic hydroxyl groups is 1. The average molecular weight is 278 g/mol. The fourth-order valence-corrected chi connectivity index (χ4v) is 2.52. The Bertz CT molecular complexity index is 483. The Morgan fingerprint density at radius 1 is 1.53 bits per heavy atom. The van der Waals surface area contributed by atoms with Crippen LogP contribution in [-0.4, -0.2) is 23.8 Å². The van der Waals surface area contributed by atoms with Crippen molar-refractivity contribution in [2.45, 2.75) is 38.3 Å². The number of carbonyl (C=O) groups excluding carboxylic acids is 1. The molecule has 19 heavy (non-hydrogen) atoms. The number of thiophene rings is 1. The summed E-state index contributed by atoms with van der Waals surface area (Å²) in [6.07, 6.45) is 3.86. The second-order valence-electron chi connectivity index (χ2n) is 4.49. The first-order valence-corrected chi connectivity index (χ1v) is 7.38. The first-order valence-electron chi connectivity index (χ1n) is 6.50. The summed E-state index contributed by atoms with van der Waals surface area (Å²) in [5.74, 6) is 5.90. The van der Waals surface area contributed by atoms with E-state index >= 15 is 0 Å². The zero-order valence-electron chi connectivity index (χ0n) is 10.7. The zero-order chi connectivity index (χ0) is 13.5. The Hall–Kier alpha value is -1.51. The van der Waals surface area contributed by atoms with Crippen LogP contribution in [0.15, 0.2) is 11.4 Å². The maximum atomic E-state index is 11.6. The van der Waals surface area contributed by atoms with Crippen molar-refractivity contribution in [2.75, 3.05) is 6.61 Å². The van der Waals surface area contributed by atoms with Gasteiger partial charge in [0.1, 0.15) is 0 Å². The fraction of sp³-hybridized carbons (Fsp3) is 0.500. The van der Waals surface area contributed by atoms with Crippen molar-refractivity contribution in [2.24, 2.45) is 0 Å². The van der Waals surface area contributed by atoms with E-state index in [9.17, 15) is 4.79 Å². The molecule has 102 valence electrons. The second kappa shape index (κ2) is 7.17. The lowest BCUT2D eigenvalue weighted by atomic mass is 9.93. The van der Waals surface area contributed by atoms with E-state index in [4.69, 9.17) is 5.11 Å². The van der Waals surface area contributed by atoms with Crippen molar-refractivity contribution >= 4 is 17.4 Å². The van der Waals surface area contributed by atoms with Gasteiger partial charge in [0.15, 0.2) is 0 Å². The van der Waals surface area contributed by atoms with Gasteiger partial charge in [0.05, 0.1) is 13.2 Å². The van der Waals surface area contributed by atoms with Gasteiger partial charge in [0.2, 0.25) is 0 Å². The van der Waals surface area contributed by atoms with Crippen LogP contribution < -0.4 is 10.6 Å². The standard InChI is InChI=1S/C14H18N2O2S/c17-8-2-1-4-11-7-9-19-13(11)10-15-14(18)16-12-5-3-6-12/h7,9,12,17H,2-3,5-6,8,10H2,(H2,15,16,18). The largest absolute Gasteiger partial charge is 0.395 e. The quantitative estimate of drug-likeness (QED) is 0.736. The third-order valence-electron chi connectivity index (χ3n) is 3.06. The monoisotopic (exact) mass is 278 g/mol. The highest BCUT2D eigenvalue weighted by atomic mass is 32.1. The maximum absolute atomic E-state index is 11.6. The summed E-state index contributed by atoms with van der Waals surface area (Å²) in [7, 11) is 0. The lowest BCUT2D eigenvalue weighted by Gasteiger charge is -2.26. The van der Waals surface area contributed by atoms with Crippen LogP contribution in [0.4, 0.5) is 4.79 Å². The molecule has 1 aromatic rings. The number of urea groups is 1. The van der Waals surface area contributed by atoms with Crippen molar-refractivity contribution in [3.05, 3.63) is 21.9 Å². The highest BCUT2D eigenvalue weighted by Gasteiger charge is 2.19. The number of hydrogen-bond donors (Lipinski definition) is 3. The predicted octanol–water partition coefficient (Wildman–Crippen LogP) is 1.83. The number of aliphatic hydroxyl groups excluding tert-OH is 1. The van der Waals surface area contributed by atoms with Crippen LogP contribution in [0.1, 0.15) is 36.1 Å². The van der Waals surface area contributed by atoms with Crippen LogP contribution in [0, 0.1) is 11.8 Å². The molecule has 0 atom stereocenters. The van der Waals surface area contributed by atoms with Gasteiger partial charge in [-0.05, 0) is 30.7 Å². The number of amides is 2. The van der Waals surface area contributed by atoms with E-state index in [0.29, 0.717) is 19.0 Å². The van der Waals surface area contributed by atoms with Gasteiger partial charge in [-0.3, -0.25) is 0 Å². The van der Waals surface area contributed by atoms with E-state index in [0.717, 1.165) is 23.3 Å². The summed E-state index contributed by atoms with van der Waals surface area (Å²) in [4.78, 5) is 12.7. The van der Waals surface area contributed by atoms with Crippen molar-refractivity contribution in [3.8, 4) is 11.8 Å². The van der Waals surface area contributed by atoms with Crippen LogP contribution in [0.25, 0.3) is 0 Å². The van der Waals surface area contributed by atoms with Gasteiger partial charge in [-0.25, -0.2) is 4.79 Å². The highest BCUT2D eigenvalue weighted by molar-refractivity contribution is 7.10.